The van der Waals surface area contributed by atoms with Crippen molar-refractivity contribution < 1.29 is 9.59 Å². The fourth-order valence-corrected chi connectivity index (χ4v) is 2.72. The van der Waals surface area contributed by atoms with Gasteiger partial charge < -0.3 is 16.4 Å². The first kappa shape index (κ1) is 20.6. The molecule has 0 radical (unpaired) electrons. The minimum Gasteiger partial charge on any atom is -0.355 e. The minimum absolute atomic E-state index is 0.0871. The first-order valence-corrected chi connectivity index (χ1v) is 9.38. The number of carbonyl (C=O) groups is 2. The van der Waals surface area contributed by atoms with Gasteiger partial charge >= 0.3 is 0 Å². The van der Waals surface area contributed by atoms with Crippen LogP contribution in [0.25, 0.3) is 0 Å². The van der Waals surface area contributed by atoms with Crippen LogP contribution in [0.15, 0.2) is 54.6 Å². The number of nitrogens with two attached hydrogens (primary N) is 1. The van der Waals surface area contributed by atoms with Gasteiger partial charge in [0.15, 0.2) is 0 Å². The molecule has 27 heavy (non-hydrogen) atoms. The molecule has 5 nitrogen and oxygen atoms in total. The van der Waals surface area contributed by atoms with Crippen molar-refractivity contribution in [2.24, 2.45) is 5.73 Å². The maximum Gasteiger partial charge on any atom is 0.224 e. The molecule has 0 heterocycles. The van der Waals surface area contributed by atoms with Crippen molar-refractivity contribution in [3.05, 3.63) is 71.3 Å². The van der Waals surface area contributed by atoms with E-state index in [0.29, 0.717) is 25.4 Å². The average Bonchev–Trinajstić information content (AvgIpc) is 2.67. The average molecular weight is 367 g/mol. The van der Waals surface area contributed by atoms with E-state index in [-0.39, 0.29) is 24.3 Å². The predicted octanol–water partition coefficient (Wildman–Crippen LogP) is 2.68. The fraction of sp³-hybridized carbons (Fsp3) is 0.364. The zero-order chi connectivity index (χ0) is 19.6. The summed E-state index contributed by atoms with van der Waals surface area (Å²) in [5.41, 5.74) is 9.36. The van der Waals surface area contributed by atoms with E-state index in [1.165, 1.54) is 5.56 Å². The quantitative estimate of drug-likeness (QED) is 0.637. The molecule has 0 aliphatic carbocycles. The maximum absolute atomic E-state index is 11.9. The molecule has 0 saturated heterocycles. The number of amides is 2. The molecule has 0 spiro atoms. The molecule has 0 fully saturated rings. The van der Waals surface area contributed by atoms with Crippen LogP contribution < -0.4 is 16.4 Å². The summed E-state index contributed by atoms with van der Waals surface area (Å²) >= 11 is 0. The Morgan fingerprint density at radius 3 is 2.15 bits per heavy atom. The molecule has 144 valence electrons. The van der Waals surface area contributed by atoms with Crippen LogP contribution in [-0.4, -0.2) is 24.9 Å². The van der Waals surface area contributed by atoms with Crippen molar-refractivity contribution in [3.8, 4) is 0 Å². The normalized spacial score (nSPS) is 11.9. The predicted molar refractivity (Wildman–Crippen MR) is 108 cm³/mol. The van der Waals surface area contributed by atoms with E-state index < -0.39 is 0 Å². The van der Waals surface area contributed by atoms with E-state index in [1.807, 2.05) is 42.5 Å². The zero-order valence-corrected chi connectivity index (χ0v) is 16.1. The lowest BCUT2D eigenvalue weighted by Gasteiger charge is -2.15. The third kappa shape index (κ3) is 7.23. The second kappa shape index (κ2) is 10.5. The second-order valence-electron chi connectivity index (χ2n) is 6.99. The zero-order valence-electron chi connectivity index (χ0n) is 16.1. The Balaban J connectivity index is 1.66. The number of hydrogen-bond donors (Lipinski definition) is 3. The first-order valence-electron chi connectivity index (χ1n) is 9.38. The Morgan fingerprint density at radius 2 is 1.52 bits per heavy atom. The van der Waals surface area contributed by atoms with E-state index in [0.717, 1.165) is 11.1 Å². The number of benzene rings is 2. The highest BCUT2D eigenvalue weighted by Crippen LogP contribution is 2.17. The SMILES string of the molecule is CC(C)c1ccc(C(N)CNC(=O)CCNC(=O)Cc2ccccc2)cc1. The minimum atomic E-state index is -0.247. The summed E-state index contributed by atoms with van der Waals surface area (Å²) in [6.07, 6.45) is 0.555. The molecule has 2 rings (SSSR count). The highest BCUT2D eigenvalue weighted by atomic mass is 16.2. The van der Waals surface area contributed by atoms with Crippen molar-refractivity contribution in [1.29, 1.82) is 0 Å². The Bertz CT molecular complexity index is 727. The van der Waals surface area contributed by atoms with Gasteiger partial charge in [0.05, 0.1) is 6.42 Å². The van der Waals surface area contributed by atoms with Gasteiger partial charge in [-0.05, 0) is 22.6 Å². The number of nitrogens with one attached hydrogen (secondary N) is 2. The Kier molecular flexibility index (Phi) is 8.01. The van der Waals surface area contributed by atoms with E-state index in [2.05, 4.69) is 36.6 Å². The molecule has 0 aliphatic rings. The van der Waals surface area contributed by atoms with Crippen LogP contribution in [-0.2, 0) is 16.0 Å². The molecule has 2 aromatic rings. The van der Waals surface area contributed by atoms with Crippen molar-refractivity contribution >= 4 is 11.8 Å². The molecule has 0 bridgehead atoms. The van der Waals surface area contributed by atoms with Crippen LogP contribution in [0.5, 0.6) is 0 Å². The molecule has 5 heteroatoms. The van der Waals surface area contributed by atoms with Gasteiger partial charge in [0.25, 0.3) is 0 Å². The van der Waals surface area contributed by atoms with Gasteiger partial charge in [-0.2, -0.15) is 0 Å². The molecule has 0 aromatic heterocycles. The standard InChI is InChI=1S/C22H29N3O2/c1-16(2)18-8-10-19(11-9-18)20(23)15-25-21(26)12-13-24-22(27)14-17-6-4-3-5-7-17/h3-11,16,20H,12-15,23H2,1-2H3,(H,24,27)(H,25,26). The Morgan fingerprint density at radius 1 is 0.889 bits per heavy atom. The van der Waals surface area contributed by atoms with Crippen LogP contribution in [0.1, 0.15) is 48.9 Å². The summed E-state index contributed by atoms with van der Waals surface area (Å²) < 4.78 is 0. The van der Waals surface area contributed by atoms with Crippen LogP contribution >= 0.6 is 0 Å². The van der Waals surface area contributed by atoms with E-state index in [1.54, 1.807) is 0 Å². The first-order chi connectivity index (χ1) is 13.0. The number of hydrogen-bond acceptors (Lipinski definition) is 3. The smallest absolute Gasteiger partial charge is 0.224 e. The van der Waals surface area contributed by atoms with Crippen molar-refractivity contribution in [1.82, 2.24) is 10.6 Å². The molecule has 0 saturated carbocycles. The lowest BCUT2D eigenvalue weighted by molar-refractivity contribution is -0.122. The molecule has 0 aliphatic heterocycles. The van der Waals surface area contributed by atoms with E-state index in [9.17, 15) is 9.59 Å². The van der Waals surface area contributed by atoms with Crippen molar-refractivity contribution in [3.63, 3.8) is 0 Å². The molecular formula is C22H29N3O2. The highest BCUT2D eigenvalue weighted by molar-refractivity contribution is 5.80. The van der Waals surface area contributed by atoms with Crippen LogP contribution in [0.4, 0.5) is 0 Å². The third-order valence-electron chi connectivity index (χ3n) is 4.43. The van der Waals surface area contributed by atoms with Crippen LogP contribution in [0.2, 0.25) is 0 Å². The topological polar surface area (TPSA) is 84.2 Å². The van der Waals surface area contributed by atoms with E-state index >= 15 is 0 Å². The number of rotatable bonds is 9. The summed E-state index contributed by atoms with van der Waals surface area (Å²) in [6.45, 7) is 4.98. The van der Waals surface area contributed by atoms with Gasteiger partial charge in [-0.25, -0.2) is 0 Å². The maximum atomic E-state index is 11.9. The molecule has 2 aromatic carbocycles. The molecule has 1 atom stereocenters. The summed E-state index contributed by atoms with van der Waals surface area (Å²) in [4.78, 5) is 23.8. The van der Waals surface area contributed by atoms with Gasteiger partial charge in [0, 0.05) is 25.6 Å². The van der Waals surface area contributed by atoms with Crippen LogP contribution in [0, 0.1) is 0 Å². The third-order valence-corrected chi connectivity index (χ3v) is 4.43. The molecule has 2 amide bonds. The molecule has 4 N–H and O–H groups in total. The monoisotopic (exact) mass is 367 g/mol. The van der Waals surface area contributed by atoms with Gasteiger partial charge in [-0.1, -0.05) is 68.4 Å². The van der Waals surface area contributed by atoms with E-state index in [4.69, 9.17) is 5.73 Å². The lowest BCUT2D eigenvalue weighted by Crippen LogP contribution is -2.35. The fourth-order valence-electron chi connectivity index (χ4n) is 2.72. The van der Waals surface area contributed by atoms with Gasteiger partial charge in [-0.15, -0.1) is 0 Å². The van der Waals surface area contributed by atoms with Gasteiger partial charge in [-0.3, -0.25) is 9.59 Å². The van der Waals surface area contributed by atoms with Crippen molar-refractivity contribution in [2.75, 3.05) is 13.1 Å². The summed E-state index contributed by atoms with van der Waals surface area (Å²) in [7, 11) is 0. The summed E-state index contributed by atoms with van der Waals surface area (Å²) in [5, 5.41) is 5.59. The summed E-state index contributed by atoms with van der Waals surface area (Å²) in [5.74, 6) is 0.271. The largest absolute Gasteiger partial charge is 0.355 e. The van der Waals surface area contributed by atoms with Gasteiger partial charge in [0.2, 0.25) is 11.8 Å². The highest BCUT2D eigenvalue weighted by Gasteiger charge is 2.10. The Labute approximate surface area is 161 Å². The summed E-state index contributed by atoms with van der Waals surface area (Å²) in [6, 6.07) is 17.4. The second-order valence-corrected chi connectivity index (χ2v) is 6.99. The molecular weight excluding hydrogens is 338 g/mol. The van der Waals surface area contributed by atoms with Crippen LogP contribution in [0.3, 0.4) is 0 Å². The molecule has 1 unspecified atom stereocenters. The van der Waals surface area contributed by atoms with Crippen molar-refractivity contribution in [2.45, 2.75) is 38.6 Å². The number of carbonyl (C=O) groups excluding carboxylic acids is 2. The van der Waals surface area contributed by atoms with Gasteiger partial charge in [0.1, 0.15) is 0 Å². The Hall–Kier alpha value is -2.66. The lowest BCUT2D eigenvalue weighted by atomic mass is 9.99.